The van der Waals surface area contributed by atoms with E-state index in [0.29, 0.717) is 22.8 Å². The third kappa shape index (κ3) is 2.65. The second-order valence-corrected chi connectivity index (χ2v) is 5.35. The Morgan fingerprint density at radius 3 is 2.95 bits per heavy atom. The van der Waals surface area contributed by atoms with Crippen molar-refractivity contribution in [1.29, 1.82) is 5.26 Å². The molecule has 3 heterocycles. The number of hydrogen-bond donors (Lipinski definition) is 0. The lowest BCUT2D eigenvalue weighted by Crippen LogP contribution is -2.01. The first-order valence-electron chi connectivity index (χ1n) is 6.60. The van der Waals surface area contributed by atoms with Gasteiger partial charge in [0.2, 0.25) is 5.88 Å². The fraction of sp³-hybridized carbons (Fsp3) is 0.0588. The van der Waals surface area contributed by atoms with Gasteiger partial charge in [0.15, 0.2) is 0 Å². The van der Waals surface area contributed by atoms with Crippen LogP contribution in [0.15, 0.2) is 59.0 Å². The van der Waals surface area contributed by atoms with Gasteiger partial charge in [-0.25, -0.2) is 4.98 Å². The zero-order valence-corrected chi connectivity index (χ0v) is 12.5. The van der Waals surface area contributed by atoms with Crippen molar-refractivity contribution in [2.45, 2.75) is 0 Å². The van der Waals surface area contributed by atoms with E-state index < -0.39 is 0 Å². The SMILES string of the molecule is C=CCOc1nc(-c2cccs2)cc(-c2ccco2)c1C#N. The summed E-state index contributed by atoms with van der Waals surface area (Å²) in [5.41, 5.74) is 1.78. The Hall–Kier alpha value is -2.84. The number of nitriles is 1. The molecule has 0 bridgehead atoms. The molecule has 0 saturated carbocycles. The first-order valence-corrected chi connectivity index (χ1v) is 7.48. The van der Waals surface area contributed by atoms with Crippen molar-refractivity contribution in [3.8, 4) is 33.8 Å². The standard InChI is InChI=1S/C17H12N2O2S/c1-2-7-21-17-13(11-18)12(15-5-3-8-20-15)10-14(19-17)16-6-4-9-22-16/h2-6,8-10H,1,7H2. The number of pyridine rings is 1. The molecule has 3 aromatic heterocycles. The number of nitrogens with zero attached hydrogens (tertiary/aromatic N) is 2. The van der Waals surface area contributed by atoms with Crippen LogP contribution in [-0.4, -0.2) is 11.6 Å². The Kier molecular flexibility index (Phi) is 4.03. The van der Waals surface area contributed by atoms with Crippen LogP contribution < -0.4 is 4.74 Å². The highest BCUT2D eigenvalue weighted by Gasteiger charge is 2.18. The molecule has 5 heteroatoms. The summed E-state index contributed by atoms with van der Waals surface area (Å²) in [6.45, 7) is 3.91. The van der Waals surface area contributed by atoms with E-state index in [0.717, 1.165) is 10.6 Å². The molecule has 0 unspecified atom stereocenters. The molecule has 0 spiro atoms. The number of aromatic nitrogens is 1. The van der Waals surface area contributed by atoms with Gasteiger partial charge in [-0.15, -0.1) is 11.3 Å². The lowest BCUT2D eigenvalue weighted by Gasteiger charge is -2.10. The number of furan rings is 1. The molecule has 0 aromatic carbocycles. The predicted molar refractivity (Wildman–Crippen MR) is 85.7 cm³/mol. The molecule has 0 saturated heterocycles. The van der Waals surface area contributed by atoms with Crippen molar-refractivity contribution in [3.05, 3.63) is 60.2 Å². The second kappa shape index (κ2) is 6.29. The van der Waals surface area contributed by atoms with Gasteiger partial charge in [-0.1, -0.05) is 18.7 Å². The molecule has 0 fully saturated rings. The van der Waals surface area contributed by atoms with Gasteiger partial charge in [0, 0.05) is 5.56 Å². The molecule has 3 aromatic rings. The van der Waals surface area contributed by atoms with E-state index in [2.05, 4.69) is 17.6 Å². The molecule has 108 valence electrons. The van der Waals surface area contributed by atoms with E-state index in [1.807, 2.05) is 29.6 Å². The van der Waals surface area contributed by atoms with Crippen molar-refractivity contribution < 1.29 is 9.15 Å². The van der Waals surface area contributed by atoms with Crippen LogP contribution in [0.2, 0.25) is 0 Å². The third-order valence-electron chi connectivity index (χ3n) is 3.00. The van der Waals surface area contributed by atoms with Crippen LogP contribution in [0.1, 0.15) is 5.56 Å². The Bertz CT molecular complexity index is 815. The Morgan fingerprint density at radius 2 is 2.32 bits per heavy atom. The monoisotopic (exact) mass is 308 g/mol. The van der Waals surface area contributed by atoms with Crippen molar-refractivity contribution in [1.82, 2.24) is 4.98 Å². The minimum atomic E-state index is 0.285. The molecular formula is C17H12N2O2S. The Balaban J connectivity index is 2.20. The average molecular weight is 308 g/mol. The quantitative estimate of drug-likeness (QED) is 0.651. The maximum atomic E-state index is 9.48. The lowest BCUT2D eigenvalue weighted by atomic mass is 10.1. The van der Waals surface area contributed by atoms with Crippen molar-refractivity contribution in [2.75, 3.05) is 6.61 Å². The smallest absolute Gasteiger partial charge is 0.233 e. The number of hydrogen-bond acceptors (Lipinski definition) is 5. The minimum absolute atomic E-state index is 0.285. The molecule has 0 aliphatic rings. The molecule has 22 heavy (non-hydrogen) atoms. The summed E-state index contributed by atoms with van der Waals surface area (Å²) in [5, 5.41) is 11.5. The molecule has 0 aliphatic carbocycles. The van der Waals surface area contributed by atoms with Crippen LogP contribution in [0.3, 0.4) is 0 Å². The van der Waals surface area contributed by atoms with Gasteiger partial charge < -0.3 is 9.15 Å². The van der Waals surface area contributed by atoms with Crippen LogP contribution >= 0.6 is 11.3 Å². The fourth-order valence-corrected chi connectivity index (χ4v) is 2.73. The Labute approximate surface area is 131 Å². The highest BCUT2D eigenvalue weighted by atomic mass is 32.1. The lowest BCUT2D eigenvalue weighted by molar-refractivity contribution is 0.348. The topological polar surface area (TPSA) is 59.1 Å². The van der Waals surface area contributed by atoms with Gasteiger partial charge in [-0.05, 0) is 29.6 Å². The van der Waals surface area contributed by atoms with Gasteiger partial charge in [0.25, 0.3) is 0 Å². The predicted octanol–water partition coefficient (Wildman–Crippen LogP) is 4.51. The number of thiophene rings is 1. The molecule has 0 aliphatic heterocycles. The first-order chi connectivity index (χ1) is 10.8. The summed E-state index contributed by atoms with van der Waals surface area (Å²) >= 11 is 1.58. The van der Waals surface area contributed by atoms with E-state index in [4.69, 9.17) is 9.15 Å². The highest BCUT2D eigenvalue weighted by Crippen LogP contribution is 2.34. The van der Waals surface area contributed by atoms with Gasteiger partial charge in [0.1, 0.15) is 24.0 Å². The zero-order valence-electron chi connectivity index (χ0n) is 11.7. The van der Waals surface area contributed by atoms with Gasteiger partial charge in [0.05, 0.1) is 16.8 Å². The van der Waals surface area contributed by atoms with Crippen LogP contribution in [0.5, 0.6) is 5.88 Å². The maximum absolute atomic E-state index is 9.48. The molecule has 0 N–H and O–H groups in total. The van der Waals surface area contributed by atoms with Crippen LogP contribution in [0.25, 0.3) is 21.9 Å². The summed E-state index contributed by atoms with van der Waals surface area (Å²) in [7, 11) is 0. The van der Waals surface area contributed by atoms with Crippen LogP contribution in [-0.2, 0) is 0 Å². The maximum Gasteiger partial charge on any atom is 0.233 e. The molecular weight excluding hydrogens is 296 g/mol. The zero-order chi connectivity index (χ0) is 15.4. The molecule has 4 nitrogen and oxygen atoms in total. The normalized spacial score (nSPS) is 10.1. The summed E-state index contributed by atoms with van der Waals surface area (Å²) in [5.74, 6) is 0.903. The van der Waals surface area contributed by atoms with Crippen LogP contribution in [0.4, 0.5) is 0 Å². The van der Waals surface area contributed by atoms with E-state index in [9.17, 15) is 5.26 Å². The van der Waals surface area contributed by atoms with Crippen molar-refractivity contribution in [2.24, 2.45) is 0 Å². The first kappa shape index (κ1) is 14.1. The van der Waals surface area contributed by atoms with Crippen molar-refractivity contribution >= 4 is 11.3 Å². The fourth-order valence-electron chi connectivity index (χ4n) is 2.05. The minimum Gasteiger partial charge on any atom is -0.472 e. The Morgan fingerprint density at radius 1 is 1.41 bits per heavy atom. The van der Waals surface area contributed by atoms with Gasteiger partial charge in [-0.2, -0.15) is 5.26 Å². The molecule has 0 radical (unpaired) electrons. The molecule has 0 atom stereocenters. The van der Waals surface area contributed by atoms with Crippen LogP contribution in [0, 0.1) is 11.3 Å². The largest absolute Gasteiger partial charge is 0.472 e. The second-order valence-electron chi connectivity index (χ2n) is 4.40. The summed E-state index contributed by atoms with van der Waals surface area (Å²) < 4.78 is 11.0. The summed E-state index contributed by atoms with van der Waals surface area (Å²) in [6, 6.07) is 11.5. The summed E-state index contributed by atoms with van der Waals surface area (Å²) in [6.07, 6.45) is 3.19. The van der Waals surface area contributed by atoms with E-state index in [-0.39, 0.29) is 6.61 Å². The van der Waals surface area contributed by atoms with Gasteiger partial charge >= 0.3 is 0 Å². The average Bonchev–Trinajstić information content (AvgIpc) is 3.24. The molecule has 3 rings (SSSR count). The van der Waals surface area contributed by atoms with E-state index >= 15 is 0 Å². The van der Waals surface area contributed by atoms with Crippen molar-refractivity contribution in [3.63, 3.8) is 0 Å². The molecule has 0 amide bonds. The number of ether oxygens (including phenoxy) is 1. The van der Waals surface area contributed by atoms with E-state index in [1.54, 1.807) is 29.7 Å². The number of rotatable bonds is 5. The van der Waals surface area contributed by atoms with Gasteiger partial charge in [-0.3, -0.25) is 0 Å². The third-order valence-corrected chi connectivity index (χ3v) is 3.89. The highest BCUT2D eigenvalue weighted by molar-refractivity contribution is 7.13. The van der Waals surface area contributed by atoms with E-state index in [1.165, 1.54) is 0 Å². The summed E-state index contributed by atoms with van der Waals surface area (Å²) in [4.78, 5) is 5.47.